The second-order valence-electron chi connectivity index (χ2n) is 5.59. The van der Waals surface area contributed by atoms with Crippen molar-refractivity contribution in [1.29, 1.82) is 0 Å². The average molecular weight is 344 g/mol. The lowest BCUT2D eigenvalue weighted by molar-refractivity contribution is -0.130. The zero-order chi connectivity index (χ0) is 16.7. The first-order chi connectivity index (χ1) is 10.3. The van der Waals surface area contributed by atoms with Gasteiger partial charge >= 0.3 is 0 Å². The first kappa shape index (κ1) is 21.2. The fourth-order valence-corrected chi connectivity index (χ4v) is 1.61. The van der Waals surface area contributed by atoms with Crippen LogP contribution in [0.15, 0.2) is 24.3 Å². The van der Waals surface area contributed by atoms with Gasteiger partial charge in [0, 0.05) is 32.6 Å². The highest BCUT2D eigenvalue weighted by molar-refractivity contribution is 5.85. The van der Waals surface area contributed by atoms with Crippen LogP contribution in [-0.4, -0.2) is 43.5 Å². The maximum absolute atomic E-state index is 11.9. The molecule has 130 valence electrons. The molecule has 0 saturated heterocycles. The van der Waals surface area contributed by atoms with E-state index in [4.69, 9.17) is 10.5 Å². The molecular weight excluding hydrogens is 318 g/mol. The number of likely N-dealkylation sites (N-methyl/N-ethyl adjacent to an activating group) is 1. The van der Waals surface area contributed by atoms with Gasteiger partial charge in [0.25, 0.3) is 5.91 Å². The Labute approximate surface area is 143 Å². The Bertz CT molecular complexity index is 521. The van der Waals surface area contributed by atoms with Crippen molar-refractivity contribution in [2.45, 2.75) is 26.4 Å². The molecule has 2 unspecified atom stereocenters. The van der Waals surface area contributed by atoms with Crippen LogP contribution in [-0.2, 0) is 16.1 Å². The van der Waals surface area contributed by atoms with E-state index in [9.17, 15) is 9.59 Å². The van der Waals surface area contributed by atoms with Crippen molar-refractivity contribution >= 4 is 24.2 Å². The molecule has 0 fully saturated rings. The molecule has 1 aromatic carbocycles. The Morgan fingerprint density at radius 2 is 1.96 bits per heavy atom. The average Bonchev–Trinajstić information content (AvgIpc) is 2.49. The van der Waals surface area contributed by atoms with Gasteiger partial charge in [0.2, 0.25) is 5.91 Å². The minimum Gasteiger partial charge on any atom is -0.484 e. The molecule has 2 atom stereocenters. The van der Waals surface area contributed by atoms with Gasteiger partial charge in [-0.1, -0.05) is 19.1 Å². The number of benzene rings is 1. The summed E-state index contributed by atoms with van der Waals surface area (Å²) in [6, 6.07) is 7.11. The fourth-order valence-electron chi connectivity index (χ4n) is 1.61. The molecule has 0 heterocycles. The van der Waals surface area contributed by atoms with Gasteiger partial charge in [0.15, 0.2) is 6.61 Å². The summed E-state index contributed by atoms with van der Waals surface area (Å²) in [4.78, 5) is 24.8. The third-order valence-corrected chi connectivity index (χ3v) is 3.43. The van der Waals surface area contributed by atoms with Crippen LogP contribution in [0.2, 0.25) is 0 Å². The number of ether oxygens (including phenoxy) is 1. The van der Waals surface area contributed by atoms with Gasteiger partial charge in [-0.3, -0.25) is 9.59 Å². The number of rotatable bonds is 7. The van der Waals surface area contributed by atoms with E-state index in [-0.39, 0.29) is 42.8 Å². The molecule has 0 spiro atoms. The normalized spacial score (nSPS) is 12.6. The molecule has 1 rings (SSSR count). The summed E-state index contributed by atoms with van der Waals surface area (Å²) in [5.41, 5.74) is 6.61. The van der Waals surface area contributed by atoms with E-state index in [1.807, 2.05) is 12.1 Å². The van der Waals surface area contributed by atoms with Crippen molar-refractivity contribution < 1.29 is 14.3 Å². The molecule has 0 aromatic heterocycles. The van der Waals surface area contributed by atoms with Crippen molar-refractivity contribution in [2.24, 2.45) is 11.7 Å². The Morgan fingerprint density at radius 1 is 1.30 bits per heavy atom. The zero-order valence-corrected chi connectivity index (χ0v) is 14.9. The Morgan fingerprint density at radius 3 is 2.52 bits per heavy atom. The van der Waals surface area contributed by atoms with E-state index in [2.05, 4.69) is 5.32 Å². The summed E-state index contributed by atoms with van der Waals surface area (Å²) in [7, 11) is 3.36. The highest BCUT2D eigenvalue weighted by atomic mass is 35.5. The molecule has 0 aliphatic rings. The lowest BCUT2D eigenvalue weighted by atomic mass is 10.0. The van der Waals surface area contributed by atoms with E-state index in [1.165, 1.54) is 4.90 Å². The minimum atomic E-state index is -0.239. The zero-order valence-electron chi connectivity index (χ0n) is 14.0. The predicted octanol–water partition coefficient (Wildman–Crippen LogP) is 1.17. The molecule has 0 saturated carbocycles. The van der Waals surface area contributed by atoms with Crippen molar-refractivity contribution in [3.63, 3.8) is 0 Å². The molecule has 0 radical (unpaired) electrons. The number of nitrogens with zero attached hydrogens (tertiary/aromatic N) is 1. The number of nitrogens with two attached hydrogens (primary N) is 1. The summed E-state index contributed by atoms with van der Waals surface area (Å²) < 4.78 is 5.44. The highest BCUT2D eigenvalue weighted by Gasteiger charge is 2.16. The SMILES string of the molecule is CC(N)C(C)C(=O)NCc1cccc(OCC(=O)N(C)C)c1.Cl. The maximum Gasteiger partial charge on any atom is 0.259 e. The van der Waals surface area contributed by atoms with E-state index in [0.29, 0.717) is 12.3 Å². The van der Waals surface area contributed by atoms with Crippen LogP contribution in [0.25, 0.3) is 0 Å². The number of hydrogen-bond acceptors (Lipinski definition) is 4. The minimum absolute atomic E-state index is 0. The van der Waals surface area contributed by atoms with Crippen LogP contribution >= 0.6 is 12.4 Å². The van der Waals surface area contributed by atoms with Crippen LogP contribution in [0.3, 0.4) is 0 Å². The number of amides is 2. The smallest absolute Gasteiger partial charge is 0.259 e. The van der Waals surface area contributed by atoms with Crippen molar-refractivity contribution in [3.05, 3.63) is 29.8 Å². The Kier molecular flexibility index (Phi) is 9.29. The molecule has 7 heteroatoms. The third-order valence-electron chi connectivity index (χ3n) is 3.43. The molecule has 1 aromatic rings. The summed E-state index contributed by atoms with van der Waals surface area (Å²) in [5, 5.41) is 2.84. The number of carbonyl (C=O) groups excluding carboxylic acids is 2. The van der Waals surface area contributed by atoms with E-state index < -0.39 is 0 Å². The lowest BCUT2D eigenvalue weighted by Crippen LogP contribution is -2.38. The van der Waals surface area contributed by atoms with Crippen molar-refractivity contribution in [1.82, 2.24) is 10.2 Å². The second kappa shape index (κ2) is 10.1. The first-order valence-electron chi connectivity index (χ1n) is 7.26. The van der Waals surface area contributed by atoms with Gasteiger partial charge in [-0.25, -0.2) is 0 Å². The van der Waals surface area contributed by atoms with E-state index >= 15 is 0 Å². The van der Waals surface area contributed by atoms with Crippen molar-refractivity contribution in [3.8, 4) is 5.75 Å². The molecule has 3 N–H and O–H groups in total. The van der Waals surface area contributed by atoms with Crippen molar-refractivity contribution in [2.75, 3.05) is 20.7 Å². The summed E-state index contributed by atoms with van der Waals surface area (Å²) >= 11 is 0. The van der Waals surface area contributed by atoms with Gasteiger partial charge in [-0.2, -0.15) is 0 Å². The Hall–Kier alpha value is -1.79. The van der Waals surface area contributed by atoms with Crippen LogP contribution in [0, 0.1) is 5.92 Å². The number of halogens is 1. The predicted molar refractivity (Wildman–Crippen MR) is 92.5 cm³/mol. The molecule has 6 nitrogen and oxygen atoms in total. The van der Waals surface area contributed by atoms with Crippen LogP contribution in [0.4, 0.5) is 0 Å². The molecular formula is C16H26ClN3O3. The van der Waals surface area contributed by atoms with Gasteiger partial charge in [0.05, 0.1) is 0 Å². The third kappa shape index (κ3) is 7.34. The van der Waals surface area contributed by atoms with Gasteiger partial charge in [-0.05, 0) is 24.6 Å². The number of carbonyl (C=O) groups is 2. The van der Waals surface area contributed by atoms with E-state index in [0.717, 1.165) is 5.56 Å². The molecule has 0 bridgehead atoms. The number of nitrogens with one attached hydrogen (secondary N) is 1. The van der Waals surface area contributed by atoms with Crippen LogP contribution in [0.1, 0.15) is 19.4 Å². The molecule has 23 heavy (non-hydrogen) atoms. The van der Waals surface area contributed by atoms with Crippen LogP contribution in [0.5, 0.6) is 5.75 Å². The maximum atomic E-state index is 11.9. The van der Waals surface area contributed by atoms with E-state index in [1.54, 1.807) is 40.1 Å². The molecule has 2 amide bonds. The van der Waals surface area contributed by atoms with Gasteiger partial charge in [-0.15, -0.1) is 12.4 Å². The van der Waals surface area contributed by atoms with Crippen LogP contribution < -0.4 is 15.8 Å². The molecule has 0 aliphatic carbocycles. The highest BCUT2D eigenvalue weighted by Crippen LogP contribution is 2.13. The largest absolute Gasteiger partial charge is 0.484 e. The Balaban J connectivity index is 0.00000484. The standard InChI is InChI=1S/C16H25N3O3.ClH/c1-11(12(2)17)16(21)18-9-13-6-5-7-14(8-13)22-10-15(20)19(3)4;/h5-8,11-12H,9-10,17H2,1-4H3,(H,18,21);1H. The second-order valence-corrected chi connectivity index (χ2v) is 5.59. The summed E-state index contributed by atoms with van der Waals surface area (Å²) in [6.45, 7) is 3.99. The quantitative estimate of drug-likeness (QED) is 0.778. The topological polar surface area (TPSA) is 84.7 Å². The number of hydrogen-bond donors (Lipinski definition) is 2. The van der Waals surface area contributed by atoms with Gasteiger partial charge in [0.1, 0.15) is 5.75 Å². The fraction of sp³-hybridized carbons (Fsp3) is 0.500. The lowest BCUT2D eigenvalue weighted by Gasteiger charge is -2.15. The molecule has 0 aliphatic heterocycles. The monoisotopic (exact) mass is 343 g/mol. The first-order valence-corrected chi connectivity index (χ1v) is 7.26. The summed E-state index contributed by atoms with van der Waals surface area (Å²) in [6.07, 6.45) is 0. The van der Waals surface area contributed by atoms with Gasteiger partial charge < -0.3 is 20.7 Å². The summed E-state index contributed by atoms with van der Waals surface area (Å²) in [5.74, 6) is 0.174.